The Morgan fingerprint density at radius 2 is 1.38 bits per heavy atom. The van der Waals surface area contributed by atoms with Crippen LogP contribution in [0.1, 0.15) is 36.4 Å². The summed E-state index contributed by atoms with van der Waals surface area (Å²) in [6, 6.07) is 7.98. The number of nitrogens with one attached hydrogen (secondary N) is 1. The Morgan fingerprint density at radius 3 is 1.95 bits per heavy atom. The van der Waals surface area contributed by atoms with Crippen LogP contribution in [0.15, 0.2) is 53.1 Å². The highest BCUT2D eigenvalue weighted by Gasteiger charge is 2.28. The van der Waals surface area contributed by atoms with E-state index in [4.69, 9.17) is 28.8 Å². The maximum Gasteiger partial charge on any atom is 0.205 e. The van der Waals surface area contributed by atoms with E-state index in [1.165, 1.54) is 0 Å². The molecule has 4 heterocycles. The fourth-order valence-corrected chi connectivity index (χ4v) is 4.52. The molecule has 4 rings (SSSR count). The second-order valence-electron chi connectivity index (χ2n) is 10.4. The van der Waals surface area contributed by atoms with Gasteiger partial charge < -0.3 is 28.4 Å². The molecule has 0 spiro atoms. The predicted octanol–water partition coefficient (Wildman–Crippen LogP) is 2.58. The Balaban J connectivity index is 1.55. The molecule has 12 nitrogen and oxygen atoms in total. The molecular weight excluding hydrogens is 496 g/mol. The van der Waals surface area contributed by atoms with E-state index in [1.54, 1.807) is 0 Å². The number of aryl methyl sites for hydroxylation is 2. The Morgan fingerprint density at radius 1 is 0.795 bits per heavy atom. The van der Waals surface area contributed by atoms with Gasteiger partial charge in [-0.2, -0.15) is 0 Å². The van der Waals surface area contributed by atoms with Crippen LogP contribution in [0.25, 0.3) is 0 Å². The van der Waals surface area contributed by atoms with Gasteiger partial charge in [0.05, 0.1) is 13.1 Å². The lowest BCUT2D eigenvalue weighted by Gasteiger charge is -2.37. The summed E-state index contributed by atoms with van der Waals surface area (Å²) in [5.41, 5.74) is 0. The Hall–Kier alpha value is -3.96. The molecule has 212 valence electrons. The normalized spacial score (nSPS) is 19.1. The first kappa shape index (κ1) is 28.1. The number of aliphatic imine (C=N–C) groups is 4. The van der Waals surface area contributed by atoms with Gasteiger partial charge in [0.1, 0.15) is 35.4 Å². The number of furan rings is 2. The molecule has 2 atom stereocenters. The summed E-state index contributed by atoms with van der Waals surface area (Å²) < 4.78 is 11.7. The van der Waals surface area contributed by atoms with Crippen molar-refractivity contribution in [3.8, 4) is 0 Å². The van der Waals surface area contributed by atoms with Crippen LogP contribution >= 0.6 is 0 Å². The van der Waals surface area contributed by atoms with E-state index in [0.717, 1.165) is 46.9 Å². The third-order valence-electron chi connectivity index (χ3n) is 6.43. The van der Waals surface area contributed by atoms with Crippen LogP contribution in [0.4, 0.5) is 0 Å². The molecule has 0 fully saturated rings. The van der Waals surface area contributed by atoms with E-state index in [-0.39, 0.29) is 12.3 Å². The van der Waals surface area contributed by atoms with Crippen LogP contribution in [0.2, 0.25) is 0 Å². The van der Waals surface area contributed by atoms with Crippen molar-refractivity contribution in [2.45, 2.75) is 52.6 Å². The van der Waals surface area contributed by atoms with Gasteiger partial charge in [-0.3, -0.25) is 10.2 Å². The van der Waals surface area contributed by atoms with Gasteiger partial charge in [0.25, 0.3) is 0 Å². The molecule has 0 bridgehead atoms. The van der Waals surface area contributed by atoms with Gasteiger partial charge in [0, 0.05) is 55.3 Å². The molecule has 0 amide bonds. The van der Waals surface area contributed by atoms with Gasteiger partial charge >= 0.3 is 0 Å². The summed E-state index contributed by atoms with van der Waals surface area (Å²) in [6.45, 7) is 7.75. The van der Waals surface area contributed by atoms with Crippen LogP contribution in [0.5, 0.6) is 0 Å². The first-order valence-corrected chi connectivity index (χ1v) is 13.2. The molecule has 2 unspecified atom stereocenters. The highest BCUT2D eigenvalue weighted by molar-refractivity contribution is 6.00. The lowest BCUT2D eigenvalue weighted by molar-refractivity contribution is 0.309. The fourth-order valence-electron chi connectivity index (χ4n) is 4.52. The molecule has 1 N–H and O–H groups in total. The largest absolute Gasteiger partial charge is 0.464 e. The van der Waals surface area contributed by atoms with E-state index in [1.807, 2.05) is 107 Å². The Kier molecular flexibility index (Phi) is 8.51. The van der Waals surface area contributed by atoms with Gasteiger partial charge in [-0.25, -0.2) is 20.0 Å². The Labute approximate surface area is 231 Å². The van der Waals surface area contributed by atoms with E-state index < -0.39 is 0 Å². The van der Waals surface area contributed by atoms with Gasteiger partial charge in [-0.1, -0.05) is 0 Å². The van der Waals surface area contributed by atoms with Crippen LogP contribution in [0, 0.1) is 13.8 Å². The second-order valence-corrected chi connectivity index (χ2v) is 10.4. The molecule has 39 heavy (non-hydrogen) atoms. The number of hydrogen-bond donors (Lipinski definition) is 1. The molecule has 0 aliphatic carbocycles. The molecule has 0 aromatic carbocycles. The lowest BCUT2D eigenvalue weighted by atomic mass is 10.3. The van der Waals surface area contributed by atoms with Crippen LogP contribution in [-0.4, -0.2) is 110 Å². The summed E-state index contributed by atoms with van der Waals surface area (Å²) in [5.74, 6) is 6.77. The zero-order valence-corrected chi connectivity index (χ0v) is 24.6. The SMILES string of the molecule is Cc1ccc(CN(C)C2=NC(CCN(Cc3ccc(C)o3)C3=NC(C)N=C(N(C)C)N3C)N=C(N(C)C)N2)o1. The van der Waals surface area contributed by atoms with Crippen LogP contribution < -0.4 is 5.32 Å². The standard InChI is InChI=1S/C27H42N10O2/c1-18-10-12-21(38-18)16-35(8)25-31-23(30-24(32-25)33(4)5)14-15-37(17-22-13-11-19(2)39-22)27-29-20(3)28-26(34(6)7)36(27)9/h10-13,20,23H,14-17H2,1-9H3,(H,30,31,32). The fraction of sp³-hybridized carbons (Fsp3) is 0.556. The van der Waals surface area contributed by atoms with Crippen molar-refractivity contribution in [1.29, 1.82) is 0 Å². The zero-order valence-electron chi connectivity index (χ0n) is 24.6. The minimum Gasteiger partial charge on any atom is -0.464 e. The molecule has 0 radical (unpaired) electrons. The summed E-state index contributed by atoms with van der Waals surface area (Å²) in [6.07, 6.45) is 0.232. The molecule has 2 aliphatic rings. The molecule has 2 aromatic rings. The number of nitrogens with zero attached hydrogens (tertiary/aromatic N) is 9. The summed E-state index contributed by atoms with van der Waals surface area (Å²) in [5, 5.41) is 3.36. The maximum atomic E-state index is 5.95. The average molecular weight is 539 g/mol. The summed E-state index contributed by atoms with van der Waals surface area (Å²) in [7, 11) is 11.9. The second kappa shape index (κ2) is 11.8. The van der Waals surface area contributed by atoms with Gasteiger partial charge in [-0.05, 0) is 45.0 Å². The van der Waals surface area contributed by atoms with E-state index in [0.29, 0.717) is 26.1 Å². The van der Waals surface area contributed by atoms with Crippen molar-refractivity contribution in [2.75, 3.05) is 48.8 Å². The zero-order chi connectivity index (χ0) is 28.3. The third kappa shape index (κ3) is 6.92. The van der Waals surface area contributed by atoms with E-state index >= 15 is 0 Å². The van der Waals surface area contributed by atoms with Crippen molar-refractivity contribution in [2.24, 2.45) is 20.0 Å². The third-order valence-corrected chi connectivity index (χ3v) is 6.43. The first-order valence-electron chi connectivity index (χ1n) is 13.2. The quantitative estimate of drug-likeness (QED) is 0.574. The van der Waals surface area contributed by atoms with Crippen LogP contribution in [-0.2, 0) is 13.1 Å². The van der Waals surface area contributed by atoms with Crippen molar-refractivity contribution in [3.05, 3.63) is 47.3 Å². The van der Waals surface area contributed by atoms with E-state index in [9.17, 15) is 0 Å². The molecule has 0 saturated heterocycles. The number of guanidine groups is 4. The molecular formula is C27H42N10O2. The number of rotatable bonds is 7. The number of hydrogen-bond acceptors (Lipinski definition) is 12. The van der Waals surface area contributed by atoms with Crippen molar-refractivity contribution >= 4 is 23.8 Å². The molecule has 0 saturated carbocycles. The van der Waals surface area contributed by atoms with Gasteiger partial charge in [-0.15, -0.1) is 0 Å². The van der Waals surface area contributed by atoms with Crippen molar-refractivity contribution in [3.63, 3.8) is 0 Å². The smallest absolute Gasteiger partial charge is 0.205 e. The molecule has 2 aromatic heterocycles. The van der Waals surface area contributed by atoms with Crippen LogP contribution in [0.3, 0.4) is 0 Å². The summed E-state index contributed by atoms with van der Waals surface area (Å²) in [4.78, 5) is 29.7. The topological polar surface area (TPSA) is 104 Å². The minimum atomic E-state index is -0.269. The summed E-state index contributed by atoms with van der Waals surface area (Å²) >= 11 is 0. The molecule has 2 aliphatic heterocycles. The van der Waals surface area contributed by atoms with Gasteiger partial charge in [0.15, 0.2) is 0 Å². The predicted molar refractivity (Wildman–Crippen MR) is 155 cm³/mol. The van der Waals surface area contributed by atoms with E-state index in [2.05, 4.69) is 10.2 Å². The lowest BCUT2D eigenvalue weighted by Crippen LogP contribution is -2.52. The Bertz CT molecular complexity index is 1250. The van der Waals surface area contributed by atoms with Crippen molar-refractivity contribution in [1.82, 2.24) is 29.8 Å². The highest BCUT2D eigenvalue weighted by Crippen LogP contribution is 2.18. The monoisotopic (exact) mass is 538 g/mol. The average Bonchev–Trinajstić information content (AvgIpc) is 3.49. The minimum absolute atomic E-state index is 0.185. The highest BCUT2D eigenvalue weighted by atomic mass is 16.3. The molecule has 12 heteroatoms. The van der Waals surface area contributed by atoms with Crippen molar-refractivity contribution < 1.29 is 8.83 Å². The van der Waals surface area contributed by atoms with Gasteiger partial charge in [0.2, 0.25) is 23.8 Å². The maximum absolute atomic E-state index is 5.95. The first-order chi connectivity index (χ1) is 18.5.